The SMILES string of the molecule is Cn1cnc2ccc(C=CC(N)=O)cc2c1=O. The van der Waals surface area contributed by atoms with E-state index in [1.54, 1.807) is 31.3 Å². The van der Waals surface area contributed by atoms with Crippen molar-refractivity contribution in [2.45, 2.75) is 0 Å². The number of nitrogens with two attached hydrogens (primary N) is 1. The fraction of sp³-hybridized carbons (Fsp3) is 0.0833. The van der Waals surface area contributed by atoms with Gasteiger partial charge in [0.2, 0.25) is 5.91 Å². The van der Waals surface area contributed by atoms with Crippen LogP contribution >= 0.6 is 0 Å². The van der Waals surface area contributed by atoms with Crippen LogP contribution in [0.1, 0.15) is 5.56 Å². The first-order valence-electron chi connectivity index (χ1n) is 5.01. The molecule has 0 saturated heterocycles. The molecule has 2 aromatic rings. The van der Waals surface area contributed by atoms with E-state index in [0.717, 1.165) is 5.56 Å². The van der Waals surface area contributed by atoms with Crippen molar-refractivity contribution < 1.29 is 4.79 Å². The Balaban J connectivity index is 2.60. The molecule has 0 fully saturated rings. The fourth-order valence-corrected chi connectivity index (χ4v) is 1.51. The van der Waals surface area contributed by atoms with Crippen LogP contribution in [0.25, 0.3) is 17.0 Å². The molecular weight excluding hydrogens is 218 g/mol. The van der Waals surface area contributed by atoms with Crippen LogP contribution in [0.3, 0.4) is 0 Å². The molecule has 1 heterocycles. The Morgan fingerprint density at radius 3 is 2.94 bits per heavy atom. The summed E-state index contributed by atoms with van der Waals surface area (Å²) in [5.74, 6) is -0.524. The van der Waals surface area contributed by atoms with Gasteiger partial charge in [0.1, 0.15) is 0 Å². The van der Waals surface area contributed by atoms with Crippen LogP contribution in [0.2, 0.25) is 0 Å². The van der Waals surface area contributed by atoms with Crippen molar-refractivity contribution in [3.63, 3.8) is 0 Å². The minimum atomic E-state index is -0.524. The number of hydrogen-bond donors (Lipinski definition) is 1. The molecule has 1 amide bonds. The molecule has 5 nitrogen and oxygen atoms in total. The van der Waals surface area contributed by atoms with E-state index in [-0.39, 0.29) is 5.56 Å². The summed E-state index contributed by atoms with van der Waals surface area (Å²) in [7, 11) is 1.64. The summed E-state index contributed by atoms with van der Waals surface area (Å²) < 4.78 is 1.41. The van der Waals surface area contributed by atoms with Gasteiger partial charge in [0.15, 0.2) is 0 Å². The molecule has 1 aromatic carbocycles. The number of fused-ring (bicyclic) bond motifs is 1. The first kappa shape index (κ1) is 11.1. The summed E-state index contributed by atoms with van der Waals surface area (Å²) in [4.78, 5) is 26.6. The minimum absolute atomic E-state index is 0.121. The molecule has 0 saturated carbocycles. The third kappa shape index (κ3) is 2.23. The van der Waals surface area contributed by atoms with Crippen LogP contribution < -0.4 is 11.3 Å². The first-order valence-corrected chi connectivity index (χ1v) is 5.01. The smallest absolute Gasteiger partial charge is 0.260 e. The topological polar surface area (TPSA) is 78.0 Å². The molecule has 0 spiro atoms. The molecule has 86 valence electrons. The number of carbonyl (C=O) groups is 1. The Morgan fingerprint density at radius 2 is 2.24 bits per heavy atom. The van der Waals surface area contributed by atoms with E-state index in [0.29, 0.717) is 10.9 Å². The molecule has 2 rings (SSSR count). The second-order valence-electron chi connectivity index (χ2n) is 3.67. The lowest BCUT2D eigenvalue weighted by molar-refractivity contribution is -0.113. The third-order valence-electron chi connectivity index (χ3n) is 2.38. The molecule has 0 aliphatic carbocycles. The van der Waals surface area contributed by atoms with E-state index in [4.69, 9.17) is 5.73 Å². The van der Waals surface area contributed by atoms with Gasteiger partial charge in [-0.15, -0.1) is 0 Å². The van der Waals surface area contributed by atoms with Gasteiger partial charge in [-0.3, -0.25) is 9.59 Å². The summed E-state index contributed by atoms with van der Waals surface area (Å²) in [6, 6.07) is 5.19. The molecule has 5 heteroatoms. The van der Waals surface area contributed by atoms with Gasteiger partial charge < -0.3 is 10.3 Å². The predicted molar refractivity (Wildman–Crippen MR) is 65.2 cm³/mol. The average molecular weight is 229 g/mol. The van der Waals surface area contributed by atoms with Crippen LogP contribution in [-0.4, -0.2) is 15.5 Å². The van der Waals surface area contributed by atoms with E-state index in [2.05, 4.69) is 4.98 Å². The normalized spacial score (nSPS) is 11.1. The monoisotopic (exact) mass is 229 g/mol. The maximum absolute atomic E-state index is 11.8. The zero-order valence-electron chi connectivity index (χ0n) is 9.25. The summed E-state index contributed by atoms with van der Waals surface area (Å²) in [5, 5.41) is 0.515. The van der Waals surface area contributed by atoms with Gasteiger partial charge in [0.05, 0.1) is 17.2 Å². The molecule has 0 unspecified atom stereocenters. The summed E-state index contributed by atoms with van der Waals surface area (Å²) in [6.07, 6.45) is 4.29. The number of rotatable bonds is 2. The van der Waals surface area contributed by atoms with E-state index >= 15 is 0 Å². The molecule has 0 atom stereocenters. The number of carbonyl (C=O) groups excluding carboxylic acids is 1. The standard InChI is InChI=1S/C12H11N3O2/c1-15-7-14-10-4-2-8(3-5-11(13)16)6-9(10)12(15)17/h2-7H,1H3,(H2,13,16). The Labute approximate surface area is 97.2 Å². The second kappa shape index (κ2) is 4.21. The molecule has 0 radical (unpaired) electrons. The van der Waals surface area contributed by atoms with Gasteiger partial charge in [-0.05, 0) is 23.8 Å². The van der Waals surface area contributed by atoms with Crippen LogP contribution in [0.15, 0.2) is 35.4 Å². The zero-order valence-corrected chi connectivity index (χ0v) is 9.25. The highest BCUT2D eigenvalue weighted by molar-refractivity contribution is 5.91. The summed E-state index contributed by atoms with van der Waals surface area (Å²) >= 11 is 0. The van der Waals surface area contributed by atoms with Gasteiger partial charge in [-0.25, -0.2) is 4.98 Å². The largest absolute Gasteiger partial charge is 0.366 e. The number of nitrogens with zero attached hydrogens (tertiary/aromatic N) is 2. The fourth-order valence-electron chi connectivity index (χ4n) is 1.51. The maximum Gasteiger partial charge on any atom is 0.260 e. The van der Waals surface area contributed by atoms with Crippen molar-refractivity contribution in [2.75, 3.05) is 0 Å². The van der Waals surface area contributed by atoms with E-state index in [1.807, 2.05) is 0 Å². The number of aromatic nitrogens is 2. The lowest BCUT2D eigenvalue weighted by atomic mass is 10.1. The quantitative estimate of drug-likeness (QED) is 0.758. The van der Waals surface area contributed by atoms with E-state index < -0.39 is 5.91 Å². The lowest BCUT2D eigenvalue weighted by Crippen LogP contribution is -2.16. The van der Waals surface area contributed by atoms with Crippen LogP contribution in [-0.2, 0) is 11.8 Å². The molecule has 0 aliphatic heterocycles. The number of primary amides is 1. The predicted octanol–water partition coefficient (Wildman–Crippen LogP) is 0.432. The highest BCUT2D eigenvalue weighted by Crippen LogP contribution is 2.10. The van der Waals surface area contributed by atoms with Crippen molar-refractivity contribution in [2.24, 2.45) is 12.8 Å². The summed E-state index contributed by atoms with van der Waals surface area (Å²) in [5.41, 5.74) is 6.25. The number of hydrogen-bond acceptors (Lipinski definition) is 3. The number of benzene rings is 1. The summed E-state index contributed by atoms with van der Waals surface area (Å²) in [6.45, 7) is 0. The first-order chi connectivity index (χ1) is 8.08. The molecule has 1 aromatic heterocycles. The van der Waals surface area contributed by atoms with Crippen LogP contribution in [0.4, 0.5) is 0 Å². The Morgan fingerprint density at radius 1 is 1.47 bits per heavy atom. The van der Waals surface area contributed by atoms with Gasteiger partial charge in [0, 0.05) is 13.1 Å². The molecule has 0 aliphatic rings. The van der Waals surface area contributed by atoms with Gasteiger partial charge in [-0.2, -0.15) is 0 Å². The Bertz CT molecular complexity index is 671. The number of amides is 1. The van der Waals surface area contributed by atoms with Gasteiger partial charge in [-0.1, -0.05) is 6.07 Å². The third-order valence-corrected chi connectivity index (χ3v) is 2.38. The van der Waals surface area contributed by atoms with Gasteiger partial charge >= 0.3 is 0 Å². The van der Waals surface area contributed by atoms with E-state index in [9.17, 15) is 9.59 Å². The zero-order chi connectivity index (χ0) is 12.4. The Hall–Kier alpha value is -2.43. The Kier molecular flexibility index (Phi) is 2.74. The molecule has 0 bridgehead atoms. The van der Waals surface area contributed by atoms with Crippen molar-refractivity contribution in [3.8, 4) is 0 Å². The van der Waals surface area contributed by atoms with E-state index in [1.165, 1.54) is 17.0 Å². The highest BCUT2D eigenvalue weighted by Gasteiger charge is 2.01. The van der Waals surface area contributed by atoms with Crippen molar-refractivity contribution >= 4 is 22.9 Å². The maximum atomic E-state index is 11.8. The van der Waals surface area contributed by atoms with Crippen LogP contribution in [0.5, 0.6) is 0 Å². The molecule has 17 heavy (non-hydrogen) atoms. The number of aryl methyl sites for hydroxylation is 1. The molecular formula is C12H11N3O2. The van der Waals surface area contributed by atoms with Gasteiger partial charge in [0.25, 0.3) is 5.56 Å². The van der Waals surface area contributed by atoms with Crippen LogP contribution in [0, 0.1) is 0 Å². The highest BCUT2D eigenvalue weighted by atomic mass is 16.1. The molecule has 2 N–H and O–H groups in total. The van der Waals surface area contributed by atoms with Crippen molar-refractivity contribution in [1.82, 2.24) is 9.55 Å². The second-order valence-corrected chi connectivity index (χ2v) is 3.67. The average Bonchev–Trinajstić information content (AvgIpc) is 2.31. The lowest BCUT2D eigenvalue weighted by Gasteiger charge is -2.01. The minimum Gasteiger partial charge on any atom is -0.366 e. The van der Waals surface area contributed by atoms with Crippen molar-refractivity contribution in [1.29, 1.82) is 0 Å². The van der Waals surface area contributed by atoms with Crippen molar-refractivity contribution in [3.05, 3.63) is 46.5 Å².